The Morgan fingerprint density at radius 3 is 2.29 bits per heavy atom. The van der Waals surface area contributed by atoms with Crippen LogP contribution in [0.2, 0.25) is 0 Å². The zero-order valence-electron chi connectivity index (χ0n) is 9.41. The van der Waals surface area contributed by atoms with Crippen molar-refractivity contribution in [2.24, 2.45) is 5.18 Å². The average molecular weight is 201 g/mol. The van der Waals surface area contributed by atoms with Gasteiger partial charge in [-0.25, -0.2) is 0 Å². The van der Waals surface area contributed by atoms with Crippen molar-refractivity contribution < 1.29 is 5.11 Å². The lowest BCUT2D eigenvalue weighted by Crippen LogP contribution is -2.06. The highest BCUT2D eigenvalue weighted by molar-refractivity contribution is 4.60. The molecule has 84 valence electrons. The number of nitroso groups, excluding NO2 is 1. The molecule has 0 spiro atoms. The summed E-state index contributed by atoms with van der Waals surface area (Å²) in [5.74, 6) is 0. The average Bonchev–Trinajstić information content (AvgIpc) is 2.21. The van der Waals surface area contributed by atoms with E-state index in [9.17, 15) is 10.0 Å². The van der Waals surface area contributed by atoms with Gasteiger partial charge in [-0.1, -0.05) is 37.8 Å². The Hall–Kier alpha value is -0.440. The van der Waals surface area contributed by atoms with Gasteiger partial charge in [0, 0.05) is 0 Å². The van der Waals surface area contributed by atoms with Gasteiger partial charge in [0.15, 0.2) is 0 Å². The standard InChI is InChI=1S/C11H23NO2/c1-3-4-8-11(13)9-6-5-7-10(2)12-14/h10-11,13H,3-9H2,1-2H3/t10-,11?/m1/s1. The van der Waals surface area contributed by atoms with Crippen molar-refractivity contribution in [3.8, 4) is 0 Å². The molecule has 1 unspecified atom stereocenters. The summed E-state index contributed by atoms with van der Waals surface area (Å²) in [5, 5.41) is 12.5. The summed E-state index contributed by atoms with van der Waals surface area (Å²) in [4.78, 5) is 10.1. The Balaban J connectivity index is 3.22. The molecule has 3 nitrogen and oxygen atoms in total. The maximum Gasteiger partial charge on any atom is 0.0891 e. The SMILES string of the molecule is CCCCC(O)CCCC[C@@H](C)N=O. The van der Waals surface area contributed by atoms with Crippen LogP contribution in [0.5, 0.6) is 0 Å². The number of hydrogen-bond donors (Lipinski definition) is 1. The molecule has 1 N–H and O–H groups in total. The molecule has 0 bridgehead atoms. The van der Waals surface area contributed by atoms with E-state index in [0.29, 0.717) is 0 Å². The van der Waals surface area contributed by atoms with Gasteiger partial charge in [-0.15, -0.1) is 0 Å². The van der Waals surface area contributed by atoms with Gasteiger partial charge < -0.3 is 5.11 Å². The smallest absolute Gasteiger partial charge is 0.0891 e. The van der Waals surface area contributed by atoms with Crippen LogP contribution in [0.15, 0.2) is 5.18 Å². The fourth-order valence-electron chi connectivity index (χ4n) is 1.46. The third-order valence-electron chi connectivity index (χ3n) is 2.48. The van der Waals surface area contributed by atoms with Crippen LogP contribution in [0.3, 0.4) is 0 Å². The van der Waals surface area contributed by atoms with Gasteiger partial charge in [0.2, 0.25) is 0 Å². The van der Waals surface area contributed by atoms with E-state index in [1.165, 1.54) is 0 Å². The molecule has 0 saturated heterocycles. The molecule has 0 aliphatic carbocycles. The normalized spacial score (nSPS) is 15.1. The molecule has 0 saturated carbocycles. The molecular formula is C11H23NO2. The molecule has 0 rings (SSSR count). The largest absolute Gasteiger partial charge is 0.393 e. The minimum absolute atomic E-state index is 0.0669. The van der Waals surface area contributed by atoms with Gasteiger partial charge >= 0.3 is 0 Å². The van der Waals surface area contributed by atoms with E-state index >= 15 is 0 Å². The van der Waals surface area contributed by atoms with Crippen molar-refractivity contribution in [1.82, 2.24) is 0 Å². The number of hydrogen-bond acceptors (Lipinski definition) is 3. The Morgan fingerprint density at radius 1 is 1.14 bits per heavy atom. The molecule has 0 aromatic rings. The molecule has 0 fully saturated rings. The monoisotopic (exact) mass is 201 g/mol. The highest BCUT2D eigenvalue weighted by atomic mass is 16.3. The van der Waals surface area contributed by atoms with Gasteiger partial charge in [0.05, 0.1) is 12.1 Å². The van der Waals surface area contributed by atoms with Crippen LogP contribution in [0, 0.1) is 4.91 Å². The molecule has 0 aliphatic heterocycles. The van der Waals surface area contributed by atoms with Crippen molar-refractivity contribution in [1.29, 1.82) is 0 Å². The first-order chi connectivity index (χ1) is 6.70. The van der Waals surface area contributed by atoms with Crippen LogP contribution < -0.4 is 0 Å². The minimum Gasteiger partial charge on any atom is -0.393 e. The number of aliphatic hydroxyl groups is 1. The number of rotatable bonds is 9. The first kappa shape index (κ1) is 13.6. The number of aliphatic hydroxyl groups excluding tert-OH is 1. The second kappa shape index (κ2) is 9.13. The van der Waals surface area contributed by atoms with E-state index in [0.717, 1.165) is 44.9 Å². The van der Waals surface area contributed by atoms with Crippen LogP contribution in [0.4, 0.5) is 0 Å². The zero-order chi connectivity index (χ0) is 10.8. The van der Waals surface area contributed by atoms with Crippen molar-refractivity contribution in [2.45, 2.75) is 70.9 Å². The summed E-state index contributed by atoms with van der Waals surface area (Å²) in [6.07, 6.45) is 6.74. The second-order valence-electron chi connectivity index (χ2n) is 4.03. The summed E-state index contributed by atoms with van der Waals surface area (Å²) >= 11 is 0. The minimum atomic E-state index is -0.144. The van der Waals surface area contributed by atoms with E-state index in [1.807, 2.05) is 6.92 Å². The van der Waals surface area contributed by atoms with E-state index < -0.39 is 0 Å². The predicted octanol–water partition coefficient (Wildman–Crippen LogP) is 3.25. The summed E-state index contributed by atoms with van der Waals surface area (Å²) in [5.41, 5.74) is 0. The van der Waals surface area contributed by atoms with Crippen LogP contribution in [0.25, 0.3) is 0 Å². The van der Waals surface area contributed by atoms with Gasteiger partial charge in [0.25, 0.3) is 0 Å². The summed E-state index contributed by atoms with van der Waals surface area (Å²) < 4.78 is 0. The van der Waals surface area contributed by atoms with Gasteiger partial charge in [-0.3, -0.25) is 0 Å². The maximum atomic E-state index is 10.1. The molecule has 0 aromatic carbocycles. The molecule has 3 heteroatoms. The van der Waals surface area contributed by atoms with Crippen molar-refractivity contribution >= 4 is 0 Å². The Labute approximate surface area is 86.9 Å². The molecule has 0 heterocycles. The quantitative estimate of drug-likeness (QED) is 0.460. The van der Waals surface area contributed by atoms with E-state index in [2.05, 4.69) is 12.1 Å². The molecule has 0 amide bonds. The van der Waals surface area contributed by atoms with Crippen molar-refractivity contribution in [3.05, 3.63) is 4.91 Å². The molecule has 14 heavy (non-hydrogen) atoms. The fraction of sp³-hybridized carbons (Fsp3) is 1.00. The topological polar surface area (TPSA) is 49.7 Å². The van der Waals surface area contributed by atoms with Crippen molar-refractivity contribution in [2.75, 3.05) is 0 Å². The third-order valence-corrected chi connectivity index (χ3v) is 2.48. The van der Waals surface area contributed by atoms with E-state index in [1.54, 1.807) is 0 Å². The van der Waals surface area contributed by atoms with Crippen LogP contribution in [-0.2, 0) is 0 Å². The summed E-state index contributed by atoms with van der Waals surface area (Å²) in [6.45, 7) is 3.96. The van der Waals surface area contributed by atoms with Gasteiger partial charge in [0.1, 0.15) is 0 Å². The van der Waals surface area contributed by atoms with Crippen LogP contribution >= 0.6 is 0 Å². The summed E-state index contributed by atoms with van der Waals surface area (Å²) in [7, 11) is 0. The molecule has 0 radical (unpaired) electrons. The third kappa shape index (κ3) is 8.17. The Morgan fingerprint density at radius 2 is 1.71 bits per heavy atom. The summed E-state index contributed by atoms with van der Waals surface area (Å²) in [6, 6.07) is -0.0669. The van der Waals surface area contributed by atoms with Gasteiger partial charge in [-0.05, 0) is 26.2 Å². The number of unbranched alkanes of at least 4 members (excludes halogenated alkanes) is 2. The lowest BCUT2D eigenvalue weighted by Gasteiger charge is -2.09. The van der Waals surface area contributed by atoms with Crippen molar-refractivity contribution in [3.63, 3.8) is 0 Å². The highest BCUT2D eigenvalue weighted by Gasteiger charge is 2.04. The molecule has 0 aliphatic rings. The fourth-order valence-corrected chi connectivity index (χ4v) is 1.46. The Bertz CT molecular complexity index is 139. The lowest BCUT2D eigenvalue weighted by molar-refractivity contribution is 0.148. The number of nitrogens with zero attached hydrogens (tertiary/aromatic N) is 1. The van der Waals surface area contributed by atoms with Gasteiger partial charge in [-0.2, -0.15) is 4.91 Å². The van der Waals surface area contributed by atoms with E-state index in [-0.39, 0.29) is 12.1 Å². The van der Waals surface area contributed by atoms with Crippen LogP contribution in [0.1, 0.15) is 58.8 Å². The molecule has 0 aromatic heterocycles. The first-order valence-corrected chi connectivity index (χ1v) is 5.71. The predicted molar refractivity (Wildman–Crippen MR) is 59.3 cm³/mol. The zero-order valence-corrected chi connectivity index (χ0v) is 9.41. The maximum absolute atomic E-state index is 10.1. The highest BCUT2D eigenvalue weighted by Crippen LogP contribution is 2.11. The molecular weight excluding hydrogens is 178 g/mol. The second-order valence-corrected chi connectivity index (χ2v) is 4.03. The lowest BCUT2D eigenvalue weighted by atomic mass is 10.0. The first-order valence-electron chi connectivity index (χ1n) is 5.71. The van der Waals surface area contributed by atoms with E-state index in [4.69, 9.17) is 0 Å². The molecule has 2 atom stereocenters. The van der Waals surface area contributed by atoms with Crippen LogP contribution in [-0.4, -0.2) is 17.3 Å². The Kier molecular flexibility index (Phi) is 8.84.